The smallest absolute Gasteiger partial charge is 0.331 e. The zero-order valence-corrected chi connectivity index (χ0v) is 14.2. The number of aryl methyl sites for hydroxylation is 1. The predicted molar refractivity (Wildman–Crippen MR) is 93.3 cm³/mol. The van der Waals surface area contributed by atoms with Crippen molar-refractivity contribution in [2.24, 2.45) is 10.2 Å². The van der Waals surface area contributed by atoms with Crippen LogP contribution in [0.3, 0.4) is 0 Å². The van der Waals surface area contributed by atoms with Crippen molar-refractivity contribution in [3.05, 3.63) is 50.4 Å². The quantitative estimate of drug-likeness (QED) is 0.280. The maximum absolute atomic E-state index is 11.6. The Labute approximate surface area is 147 Å². The Kier molecular flexibility index (Phi) is 6.01. The van der Waals surface area contributed by atoms with Crippen LogP contribution in [0, 0.1) is 10.1 Å². The summed E-state index contributed by atoms with van der Waals surface area (Å²) in [6.45, 7) is 1.83. The number of ether oxygens (including phenoxy) is 1. The van der Waals surface area contributed by atoms with Gasteiger partial charge in [-0.25, -0.2) is 4.79 Å². The van der Waals surface area contributed by atoms with Crippen LogP contribution in [0.15, 0.2) is 39.4 Å². The molecule has 0 radical (unpaired) electrons. The number of amides is 1. The summed E-state index contributed by atoms with van der Waals surface area (Å²) < 4.78 is 4.45. The first-order valence-electron chi connectivity index (χ1n) is 7.11. The largest absolute Gasteiger partial charge is 0.466 e. The molecule has 1 N–H and O–H groups in total. The second-order valence-electron chi connectivity index (χ2n) is 4.74. The van der Waals surface area contributed by atoms with Crippen LogP contribution in [0.25, 0.3) is 0 Å². The van der Waals surface area contributed by atoms with E-state index in [0.717, 1.165) is 17.8 Å². The fraction of sp³-hybridized carbons (Fsp3) is 0.200. The zero-order valence-electron chi connectivity index (χ0n) is 13.4. The summed E-state index contributed by atoms with van der Waals surface area (Å²) in [6, 6.07) is 4.76. The molecule has 0 aromatic heterocycles. The highest BCUT2D eigenvalue weighted by Crippen LogP contribution is 2.23. The molecule has 9 nitrogen and oxygen atoms in total. The van der Waals surface area contributed by atoms with Gasteiger partial charge in [0.1, 0.15) is 0 Å². The molecule has 1 amide bonds. The number of nitrogens with zero attached hydrogens (tertiary/aromatic N) is 3. The molecule has 1 aromatic carbocycles. The van der Waals surface area contributed by atoms with Crippen molar-refractivity contribution in [3.63, 3.8) is 0 Å². The number of amidine groups is 1. The molecule has 0 bridgehead atoms. The van der Waals surface area contributed by atoms with Crippen molar-refractivity contribution in [2.45, 2.75) is 13.3 Å². The summed E-state index contributed by atoms with van der Waals surface area (Å²) >= 11 is 0.939. The number of hydrogen-bond acceptors (Lipinski definition) is 8. The van der Waals surface area contributed by atoms with Crippen LogP contribution >= 0.6 is 11.8 Å². The molecular weight excluding hydrogens is 348 g/mol. The average molecular weight is 362 g/mol. The number of carbonyl (C=O) groups is 2. The van der Waals surface area contributed by atoms with Crippen LogP contribution in [0.4, 0.5) is 5.69 Å². The molecule has 1 aliphatic rings. The summed E-state index contributed by atoms with van der Waals surface area (Å²) in [7, 11) is 1.21. The van der Waals surface area contributed by atoms with E-state index in [1.54, 1.807) is 12.1 Å². The van der Waals surface area contributed by atoms with E-state index in [1.165, 1.54) is 19.4 Å². The van der Waals surface area contributed by atoms with Gasteiger partial charge in [-0.2, -0.15) is 5.10 Å². The molecule has 1 saturated heterocycles. The molecule has 2 rings (SSSR count). The van der Waals surface area contributed by atoms with Gasteiger partial charge in [-0.05, 0) is 18.2 Å². The van der Waals surface area contributed by atoms with Gasteiger partial charge in [-0.1, -0.05) is 19.1 Å². The second kappa shape index (κ2) is 8.20. The molecule has 10 heteroatoms. The average Bonchev–Trinajstić information content (AvgIpc) is 2.94. The number of esters is 1. The van der Waals surface area contributed by atoms with E-state index in [9.17, 15) is 19.7 Å². The van der Waals surface area contributed by atoms with E-state index in [-0.39, 0.29) is 15.8 Å². The first-order valence-corrected chi connectivity index (χ1v) is 7.93. The molecule has 1 aromatic rings. The number of carbonyl (C=O) groups excluding carboxylic acids is 2. The highest BCUT2D eigenvalue weighted by molar-refractivity contribution is 8.18. The maximum Gasteiger partial charge on any atom is 0.331 e. The van der Waals surface area contributed by atoms with Gasteiger partial charge in [0.05, 0.1) is 23.2 Å². The third-order valence-corrected chi connectivity index (χ3v) is 4.04. The normalized spacial score (nSPS) is 17.3. The van der Waals surface area contributed by atoms with E-state index in [1.807, 2.05) is 6.92 Å². The molecule has 130 valence electrons. The first-order chi connectivity index (χ1) is 11.9. The highest BCUT2D eigenvalue weighted by Gasteiger charge is 2.25. The molecule has 1 heterocycles. The lowest BCUT2D eigenvalue weighted by Crippen LogP contribution is -2.19. The lowest BCUT2D eigenvalue weighted by Gasteiger charge is -2.00. The fourth-order valence-corrected chi connectivity index (χ4v) is 2.66. The summed E-state index contributed by atoms with van der Waals surface area (Å²) in [4.78, 5) is 33.5. The van der Waals surface area contributed by atoms with Crippen molar-refractivity contribution in [1.29, 1.82) is 0 Å². The molecule has 0 unspecified atom stereocenters. The number of nitro benzene ring substituents is 1. The summed E-state index contributed by atoms with van der Waals surface area (Å²) in [5.74, 6) is -1.13. The number of benzene rings is 1. The maximum atomic E-state index is 11.6. The van der Waals surface area contributed by atoms with Gasteiger partial charge in [-0.3, -0.25) is 20.2 Å². The minimum atomic E-state index is -0.647. The van der Waals surface area contributed by atoms with E-state index < -0.39 is 16.8 Å². The second-order valence-corrected chi connectivity index (χ2v) is 5.77. The van der Waals surface area contributed by atoms with Gasteiger partial charge < -0.3 is 4.74 Å². The predicted octanol–water partition coefficient (Wildman–Crippen LogP) is 1.77. The molecular formula is C15H14N4O5S. The molecule has 1 fully saturated rings. The number of rotatable bonds is 5. The van der Waals surface area contributed by atoms with E-state index in [4.69, 9.17) is 0 Å². The van der Waals surface area contributed by atoms with E-state index >= 15 is 0 Å². The van der Waals surface area contributed by atoms with Crippen LogP contribution in [0.2, 0.25) is 0 Å². The third kappa shape index (κ3) is 4.73. The van der Waals surface area contributed by atoms with Gasteiger partial charge >= 0.3 is 5.97 Å². The van der Waals surface area contributed by atoms with Crippen LogP contribution < -0.4 is 5.32 Å². The van der Waals surface area contributed by atoms with Crippen molar-refractivity contribution >= 4 is 40.7 Å². The Balaban J connectivity index is 2.13. The lowest BCUT2D eigenvalue weighted by molar-refractivity contribution is -0.385. The summed E-state index contributed by atoms with van der Waals surface area (Å²) in [6.07, 6.45) is 2.95. The molecule has 0 saturated carbocycles. The number of nitro groups is 1. The Bertz CT molecular complexity index is 816. The van der Waals surface area contributed by atoms with Crippen molar-refractivity contribution in [3.8, 4) is 0 Å². The van der Waals surface area contributed by atoms with Crippen molar-refractivity contribution in [2.75, 3.05) is 7.11 Å². The standard InChI is InChI=1S/C15H14N4O5S/c1-3-10-5-4-9(6-11(10)19(22)23)8-16-18-15-17-14(21)12(25-15)7-13(20)24-2/h4-8H,3H2,1-2H3,(H,17,18,21)/b12-7+,16-8?. The van der Waals surface area contributed by atoms with Crippen LogP contribution in [-0.4, -0.2) is 35.3 Å². The molecule has 0 atom stereocenters. The molecule has 0 spiro atoms. The minimum absolute atomic E-state index is 0.0194. The SMILES string of the molecule is CCc1ccc(C=N/N=C2/NC(=O)/C(=C\C(=O)OC)S2)cc1[N+](=O)[O-]. The first kappa shape index (κ1) is 18.3. The molecule has 25 heavy (non-hydrogen) atoms. The number of thioether (sulfide) groups is 1. The third-order valence-electron chi connectivity index (χ3n) is 3.14. The van der Waals surface area contributed by atoms with Crippen molar-refractivity contribution < 1.29 is 19.2 Å². The van der Waals surface area contributed by atoms with Gasteiger partial charge in [0.15, 0.2) is 5.17 Å². The number of hydrogen-bond donors (Lipinski definition) is 1. The van der Waals surface area contributed by atoms with Gasteiger partial charge in [0.2, 0.25) is 0 Å². The fourth-order valence-electron chi connectivity index (χ4n) is 1.92. The molecule has 1 aliphatic heterocycles. The lowest BCUT2D eigenvalue weighted by atomic mass is 10.1. The Morgan fingerprint density at radius 1 is 1.48 bits per heavy atom. The monoisotopic (exact) mass is 362 g/mol. The molecule has 0 aliphatic carbocycles. The minimum Gasteiger partial charge on any atom is -0.466 e. The van der Waals surface area contributed by atoms with Crippen LogP contribution in [0.1, 0.15) is 18.1 Å². The van der Waals surface area contributed by atoms with Crippen molar-refractivity contribution in [1.82, 2.24) is 5.32 Å². The highest BCUT2D eigenvalue weighted by atomic mass is 32.2. The number of methoxy groups -OCH3 is 1. The Morgan fingerprint density at radius 3 is 2.88 bits per heavy atom. The van der Waals surface area contributed by atoms with Gasteiger partial charge in [0.25, 0.3) is 11.6 Å². The Morgan fingerprint density at radius 2 is 2.24 bits per heavy atom. The van der Waals surface area contributed by atoms with Gasteiger partial charge in [0, 0.05) is 23.3 Å². The summed E-state index contributed by atoms with van der Waals surface area (Å²) in [5.41, 5.74) is 1.16. The van der Waals surface area contributed by atoms with E-state index in [2.05, 4.69) is 20.3 Å². The van der Waals surface area contributed by atoms with E-state index in [0.29, 0.717) is 17.5 Å². The van der Waals surface area contributed by atoms with Crippen LogP contribution in [-0.2, 0) is 20.7 Å². The Hall–Kier alpha value is -3.01. The van der Waals surface area contributed by atoms with Crippen LogP contribution in [0.5, 0.6) is 0 Å². The summed E-state index contributed by atoms with van der Waals surface area (Å²) in [5, 5.41) is 21.3. The zero-order chi connectivity index (χ0) is 18.4. The van der Waals surface area contributed by atoms with Gasteiger partial charge in [-0.15, -0.1) is 5.10 Å². The topological polar surface area (TPSA) is 123 Å². The number of nitrogens with one attached hydrogen (secondary N) is 1.